The zero-order valence-electron chi connectivity index (χ0n) is 7.11. The van der Waals surface area contributed by atoms with Gasteiger partial charge in [-0.25, -0.2) is 4.79 Å². The Bertz CT molecular complexity index is 383. The van der Waals surface area contributed by atoms with Gasteiger partial charge in [-0.2, -0.15) is 0 Å². The molecule has 1 aromatic carbocycles. The predicted molar refractivity (Wildman–Crippen MR) is 45.6 cm³/mol. The number of carbonyl (C=O) groups excluding carboxylic acids is 1. The molecule has 0 atom stereocenters. The predicted octanol–water partition coefficient (Wildman–Crippen LogP) is -1.38. The third kappa shape index (κ3) is 2.58. The summed E-state index contributed by atoms with van der Waals surface area (Å²) in [5.74, 6) is -0.529. The molecule has 0 heterocycles. The van der Waals surface area contributed by atoms with Crippen LogP contribution in [0.4, 0.5) is 0 Å². The van der Waals surface area contributed by atoms with E-state index >= 15 is 0 Å². The van der Waals surface area contributed by atoms with Gasteiger partial charge in [0.25, 0.3) is 0 Å². The third-order valence-electron chi connectivity index (χ3n) is 1.48. The van der Waals surface area contributed by atoms with Crippen molar-refractivity contribution < 1.29 is 14.6 Å². The van der Waals surface area contributed by atoms with E-state index in [1.165, 1.54) is 7.11 Å². The van der Waals surface area contributed by atoms with Crippen molar-refractivity contribution in [3.05, 3.63) is 34.7 Å². The molecule has 0 radical (unpaired) electrons. The fourth-order valence-corrected chi connectivity index (χ4v) is 0.814. The van der Waals surface area contributed by atoms with E-state index in [1.54, 1.807) is 24.3 Å². The Morgan fingerprint density at radius 1 is 1.46 bits per heavy atom. The molecular weight excluding hydrogens is 168 g/mol. The molecule has 13 heavy (non-hydrogen) atoms. The SMILES string of the molecule is COC(=O)[C+]=c1ccc(=C[O-])cc1. The summed E-state index contributed by atoms with van der Waals surface area (Å²) in [5.41, 5.74) is 0. The van der Waals surface area contributed by atoms with E-state index in [2.05, 4.69) is 10.8 Å². The first-order valence-corrected chi connectivity index (χ1v) is 3.66. The van der Waals surface area contributed by atoms with Crippen molar-refractivity contribution in [2.45, 2.75) is 0 Å². The van der Waals surface area contributed by atoms with Crippen molar-refractivity contribution in [3.63, 3.8) is 0 Å². The highest BCUT2D eigenvalue weighted by Gasteiger charge is 2.00. The number of hydrogen-bond donors (Lipinski definition) is 0. The minimum atomic E-state index is -0.529. The van der Waals surface area contributed by atoms with Crippen molar-refractivity contribution in [2.24, 2.45) is 0 Å². The van der Waals surface area contributed by atoms with Gasteiger partial charge < -0.3 is 9.84 Å². The molecule has 0 unspecified atom stereocenters. The zero-order chi connectivity index (χ0) is 9.68. The van der Waals surface area contributed by atoms with Crippen LogP contribution in [0.3, 0.4) is 0 Å². The van der Waals surface area contributed by atoms with Crippen LogP contribution in [0.1, 0.15) is 0 Å². The minimum absolute atomic E-state index is 0.529. The first kappa shape index (κ1) is 9.23. The maximum atomic E-state index is 10.7. The van der Waals surface area contributed by atoms with Crippen LogP contribution < -0.4 is 15.5 Å². The molecule has 1 rings (SSSR count). The Morgan fingerprint density at radius 3 is 2.54 bits per heavy atom. The number of benzene rings is 1. The Labute approximate surface area is 75.6 Å². The quantitative estimate of drug-likeness (QED) is 0.391. The molecule has 0 saturated heterocycles. The Hall–Kier alpha value is -1.86. The topological polar surface area (TPSA) is 49.4 Å². The lowest BCUT2D eigenvalue weighted by atomic mass is 10.2. The molecular formula is C10H8O3. The molecule has 0 aliphatic heterocycles. The number of carbonyl (C=O) groups is 1. The van der Waals surface area contributed by atoms with Crippen LogP contribution in [0.25, 0.3) is 12.3 Å². The monoisotopic (exact) mass is 176 g/mol. The Kier molecular flexibility index (Phi) is 3.01. The Morgan fingerprint density at radius 2 is 2.08 bits per heavy atom. The van der Waals surface area contributed by atoms with Crippen LogP contribution in [0.15, 0.2) is 24.3 Å². The number of rotatable bonds is 1. The highest BCUT2D eigenvalue weighted by molar-refractivity contribution is 5.99. The summed E-state index contributed by atoms with van der Waals surface area (Å²) in [6, 6.07) is 6.47. The van der Waals surface area contributed by atoms with Gasteiger partial charge >= 0.3 is 5.97 Å². The normalized spacial score (nSPS) is 8.69. The smallest absolute Gasteiger partial charge is 0.447 e. The van der Waals surface area contributed by atoms with Crippen molar-refractivity contribution >= 4 is 18.3 Å². The highest BCUT2D eigenvalue weighted by atomic mass is 16.5. The van der Waals surface area contributed by atoms with Crippen LogP contribution in [0.2, 0.25) is 0 Å². The van der Waals surface area contributed by atoms with E-state index in [1.807, 2.05) is 0 Å². The lowest BCUT2D eigenvalue weighted by molar-refractivity contribution is -0.229. The van der Waals surface area contributed by atoms with Gasteiger partial charge in [0.05, 0.1) is 19.2 Å². The first-order valence-electron chi connectivity index (χ1n) is 3.66. The second-order valence-electron chi connectivity index (χ2n) is 2.36. The molecule has 1 aromatic rings. The zero-order valence-corrected chi connectivity index (χ0v) is 7.11. The second-order valence-corrected chi connectivity index (χ2v) is 2.36. The van der Waals surface area contributed by atoms with Crippen LogP contribution in [0.5, 0.6) is 0 Å². The van der Waals surface area contributed by atoms with Gasteiger partial charge in [0.2, 0.25) is 0 Å². The standard InChI is InChI=1S/C10H8O3/c1-13-10(12)6-8-2-4-9(7-11)5-3-8/h2-5,7H,1H3. The van der Waals surface area contributed by atoms with E-state index < -0.39 is 5.97 Å². The number of hydrogen-bond acceptors (Lipinski definition) is 3. The molecule has 3 nitrogen and oxygen atoms in total. The number of esters is 1. The van der Waals surface area contributed by atoms with Gasteiger partial charge in [-0.15, -0.1) is 6.26 Å². The Balaban J connectivity index is 3.05. The highest BCUT2D eigenvalue weighted by Crippen LogP contribution is 1.75. The summed E-state index contributed by atoms with van der Waals surface area (Å²) in [7, 11) is 1.29. The second kappa shape index (κ2) is 4.24. The fraction of sp³-hybridized carbons (Fsp3) is 0.100. The molecule has 0 aliphatic rings. The maximum Gasteiger partial charge on any atom is 0.447 e. The maximum absolute atomic E-state index is 10.7. The molecule has 0 aliphatic carbocycles. The van der Waals surface area contributed by atoms with E-state index in [9.17, 15) is 9.90 Å². The van der Waals surface area contributed by atoms with E-state index in [0.717, 1.165) is 6.26 Å². The average Bonchev–Trinajstić information content (AvgIpc) is 2.19. The summed E-state index contributed by atoms with van der Waals surface area (Å²) in [6.45, 7) is 0. The van der Waals surface area contributed by atoms with Gasteiger partial charge in [-0.05, 0) is 5.22 Å². The van der Waals surface area contributed by atoms with Crippen LogP contribution >= 0.6 is 0 Å². The summed E-state index contributed by atoms with van der Waals surface area (Å²) in [4.78, 5) is 10.7. The molecule has 0 fully saturated rings. The molecule has 66 valence electrons. The molecule has 0 bridgehead atoms. The summed E-state index contributed by atoms with van der Waals surface area (Å²) in [6.07, 6.45) is 3.20. The van der Waals surface area contributed by atoms with Gasteiger partial charge in [0, 0.05) is 12.1 Å². The van der Waals surface area contributed by atoms with Gasteiger partial charge in [-0.3, -0.25) is 0 Å². The third-order valence-corrected chi connectivity index (χ3v) is 1.48. The number of ether oxygens (including phenoxy) is 1. The van der Waals surface area contributed by atoms with Gasteiger partial charge in [0.15, 0.2) is 5.22 Å². The minimum Gasteiger partial charge on any atom is -0.877 e. The molecule has 0 amide bonds. The van der Waals surface area contributed by atoms with Crippen molar-refractivity contribution in [1.29, 1.82) is 0 Å². The van der Waals surface area contributed by atoms with Crippen LogP contribution in [0, 0.1) is 0 Å². The fourth-order valence-electron chi connectivity index (χ4n) is 0.814. The van der Waals surface area contributed by atoms with Gasteiger partial charge in [0.1, 0.15) is 6.08 Å². The van der Waals surface area contributed by atoms with Crippen molar-refractivity contribution in [3.8, 4) is 0 Å². The van der Waals surface area contributed by atoms with E-state index in [0.29, 0.717) is 10.4 Å². The lowest BCUT2D eigenvalue weighted by Gasteiger charge is -1.85. The average molecular weight is 176 g/mol. The van der Waals surface area contributed by atoms with Crippen molar-refractivity contribution in [1.82, 2.24) is 0 Å². The lowest BCUT2D eigenvalue weighted by Crippen LogP contribution is -2.12. The van der Waals surface area contributed by atoms with Gasteiger partial charge in [-0.1, -0.05) is 0 Å². The number of methoxy groups -OCH3 is 1. The van der Waals surface area contributed by atoms with E-state index in [4.69, 9.17) is 0 Å². The summed E-state index contributed by atoms with van der Waals surface area (Å²) >= 11 is 0. The molecule has 0 N–H and O–H groups in total. The summed E-state index contributed by atoms with van der Waals surface area (Å²) < 4.78 is 4.39. The van der Waals surface area contributed by atoms with Crippen LogP contribution in [-0.4, -0.2) is 13.1 Å². The molecule has 3 heteroatoms. The van der Waals surface area contributed by atoms with E-state index in [-0.39, 0.29) is 0 Å². The van der Waals surface area contributed by atoms with Crippen molar-refractivity contribution in [2.75, 3.05) is 7.11 Å². The summed E-state index contributed by atoms with van der Waals surface area (Å²) in [5, 5.41) is 11.4. The largest absolute Gasteiger partial charge is 0.877 e. The first-order chi connectivity index (χ1) is 6.26. The molecule has 0 spiro atoms. The molecule has 0 saturated carbocycles. The van der Waals surface area contributed by atoms with Crippen LogP contribution in [-0.2, 0) is 9.53 Å². The molecule has 0 aromatic heterocycles.